The lowest BCUT2D eigenvalue weighted by Gasteiger charge is -2.14. The Morgan fingerprint density at radius 3 is 3.19 bits per heavy atom. The highest BCUT2D eigenvalue weighted by molar-refractivity contribution is 4.69. The first kappa shape index (κ1) is 13.6. The molecule has 1 fully saturated rings. The SMILES string of the molecule is C=CCCNCC(O)COCC1CCCO1. The third-order valence-corrected chi connectivity index (χ3v) is 2.54. The number of ether oxygens (including phenoxy) is 2. The molecular formula is C12H23NO3. The molecule has 0 aromatic rings. The van der Waals surface area contributed by atoms with Gasteiger partial charge in [0.15, 0.2) is 0 Å². The van der Waals surface area contributed by atoms with Gasteiger partial charge in [0, 0.05) is 13.2 Å². The molecule has 0 saturated carbocycles. The average Bonchev–Trinajstić information content (AvgIpc) is 2.77. The van der Waals surface area contributed by atoms with E-state index in [1.54, 1.807) is 0 Å². The van der Waals surface area contributed by atoms with Crippen molar-refractivity contribution in [2.75, 3.05) is 32.9 Å². The van der Waals surface area contributed by atoms with E-state index < -0.39 is 6.10 Å². The van der Waals surface area contributed by atoms with Crippen LogP contribution in [0.5, 0.6) is 0 Å². The van der Waals surface area contributed by atoms with Crippen molar-refractivity contribution >= 4 is 0 Å². The molecule has 2 N–H and O–H groups in total. The summed E-state index contributed by atoms with van der Waals surface area (Å²) in [6, 6.07) is 0. The molecule has 0 aliphatic carbocycles. The summed E-state index contributed by atoms with van der Waals surface area (Å²) in [5.74, 6) is 0. The largest absolute Gasteiger partial charge is 0.389 e. The third kappa shape index (κ3) is 6.23. The molecule has 1 heterocycles. The van der Waals surface area contributed by atoms with Gasteiger partial charge in [0.25, 0.3) is 0 Å². The van der Waals surface area contributed by atoms with Crippen LogP contribution in [0.4, 0.5) is 0 Å². The zero-order valence-corrected chi connectivity index (χ0v) is 9.86. The van der Waals surface area contributed by atoms with E-state index in [1.165, 1.54) is 0 Å². The van der Waals surface area contributed by atoms with Gasteiger partial charge in [0.2, 0.25) is 0 Å². The molecule has 16 heavy (non-hydrogen) atoms. The molecular weight excluding hydrogens is 206 g/mol. The molecule has 94 valence electrons. The van der Waals surface area contributed by atoms with Crippen molar-refractivity contribution in [2.45, 2.75) is 31.5 Å². The minimum Gasteiger partial charge on any atom is -0.389 e. The van der Waals surface area contributed by atoms with Gasteiger partial charge in [-0.1, -0.05) is 6.08 Å². The van der Waals surface area contributed by atoms with E-state index in [1.807, 2.05) is 6.08 Å². The Kier molecular flexibility index (Phi) is 7.42. The Morgan fingerprint density at radius 2 is 2.50 bits per heavy atom. The van der Waals surface area contributed by atoms with Crippen molar-refractivity contribution in [3.8, 4) is 0 Å². The van der Waals surface area contributed by atoms with E-state index in [0.717, 1.165) is 32.4 Å². The molecule has 0 bridgehead atoms. The van der Waals surface area contributed by atoms with E-state index in [-0.39, 0.29) is 6.10 Å². The molecule has 0 amide bonds. The second-order valence-corrected chi connectivity index (χ2v) is 4.11. The quantitative estimate of drug-likeness (QED) is 0.451. The van der Waals surface area contributed by atoms with Gasteiger partial charge in [-0.15, -0.1) is 6.58 Å². The first-order valence-corrected chi connectivity index (χ1v) is 6.02. The van der Waals surface area contributed by atoms with Crippen LogP contribution in [0.1, 0.15) is 19.3 Å². The predicted molar refractivity (Wildman–Crippen MR) is 63.5 cm³/mol. The van der Waals surface area contributed by atoms with Crippen LogP contribution >= 0.6 is 0 Å². The molecule has 1 rings (SSSR count). The summed E-state index contributed by atoms with van der Waals surface area (Å²) < 4.78 is 10.8. The van der Waals surface area contributed by atoms with Crippen molar-refractivity contribution < 1.29 is 14.6 Å². The summed E-state index contributed by atoms with van der Waals surface area (Å²) in [6.45, 7) is 6.88. The summed E-state index contributed by atoms with van der Waals surface area (Å²) >= 11 is 0. The van der Waals surface area contributed by atoms with Gasteiger partial charge in [-0.3, -0.25) is 0 Å². The first-order valence-electron chi connectivity index (χ1n) is 6.02. The van der Waals surface area contributed by atoms with Gasteiger partial charge in [-0.05, 0) is 25.8 Å². The Bertz CT molecular complexity index is 181. The Hall–Kier alpha value is -0.420. The topological polar surface area (TPSA) is 50.7 Å². The van der Waals surface area contributed by atoms with Crippen molar-refractivity contribution in [2.24, 2.45) is 0 Å². The van der Waals surface area contributed by atoms with Gasteiger partial charge in [-0.25, -0.2) is 0 Å². The maximum absolute atomic E-state index is 9.57. The van der Waals surface area contributed by atoms with Gasteiger partial charge in [-0.2, -0.15) is 0 Å². The first-order chi connectivity index (χ1) is 7.83. The average molecular weight is 229 g/mol. The van der Waals surface area contributed by atoms with Crippen LogP contribution in [0.15, 0.2) is 12.7 Å². The molecule has 0 spiro atoms. The van der Waals surface area contributed by atoms with Crippen molar-refractivity contribution in [3.05, 3.63) is 12.7 Å². The molecule has 2 atom stereocenters. The number of aliphatic hydroxyl groups excluding tert-OH is 1. The summed E-state index contributed by atoms with van der Waals surface area (Å²) in [5.41, 5.74) is 0. The number of hydrogen-bond acceptors (Lipinski definition) is 4. The predicted octanol–water partition coefficient (Wildman–Crippen LogP) is 0.709. The Morgan fingerprint density at radius 1 is 1.62 bits per heavy atom. The maximum Gasteiger partial charge on any atom is 0.0897 e. The lowest BCUT2D eigenvalue weighted by Crippen LogP contribution is -2.31. The van der Waals surface area contributed by atoms with Crippen LogP contribution in [0, 0.1) is 0 Å². The van der Waals surface area contributed by atoms with E-state index in [0.29, 0.717) is 19.8 Å². The number of aliphatic hydroxyl groups is 1. The highest BCUT2D eigenvalue weighted by Crippen LogP contribution is 2.11. The fourth-order valence-electron chi connectivity index (χ4n) is 1.64. The van der Waals surface area contributed by atoms with E-state index >= 15 is 0 Å². The highest BCUT2D eigenvalue weighted by atomic mass is 16.5. The van der Waals surface area contributed by atoms with Crippen LogP contribution in [-0.2, 0) is 9.47 Å². The lowest BCUT2D eigenvalue weighted by molar-refractivity contribution is -0.0163. The second kappa shape index (κ2) is 8.70. The van der Waals surface area contributed by atoms with Crippen molar-refractivity contribution in [1.29, 1.82) is 0 Å². The van der Waals surface area contributed by atoms with E-state index in [2.05, 4.69) is 11.9 Å². The summed E-state index contributed by atoms with van der Waals surface area (Å²) in [6.07, 6.45) is 4.77. The second-order valence-electron chi connectivity index (χ2n) is 4.11. The van der Waals surface area contributed by atoms with Gasteiger partial charge in [0.1, 0.15) is 0 Å². The fraction of sp³-hybridized carbons (Fsp3) is 0.833. The molecule has 4 heteroatoms. The third-order valence-electron chi connectivity index (χ3n) is 2.54. The lowest BCUT2D eigenvalue weighted by atomic mass is 10.2. The zero-order valence-electron chi connectivity index (χ0n) is 9.86. The van der Waals surface area contributed by atoms with Gasteiger partial charge < -0.3 is 19.9 Å². The number of hydrogen-bond donors (Lipinski definition) is 2. The smallest absolute Gasteiger partial charge is 0.0897 e. The minimum absolute atomic E-state index is 0.237. The number of rotatable bonds is 9. The highest BCUT2D eigenvalue weighted by Gasteiger charge is 2.15. The van der Waals surface area contributed by atoms with Gasteiger partial charge in [0.05, 0.1) is 25.4 Å². The zero-order chi connectivity index (χ0) is 11.6. The molecule has 0 radical (unpaired) electrons. The van der Waals surface area contributed by atoms with Crippen molar-refractivity contribution in [1.82, 2.24) is 5.32 Å². The van der Waals surface area contributed by atoms with Crippen molar-refractivity contribution in [3.63, 3.8) is 0 Å². The summed E-state index contributed by atoms with van der Waals surface area (Å²) in [5, 5.41) is 12.7. The Balaban J connectivity index is 1.88. The summed E-state index contributed by atoms with van der Waals surface area (Å²) in [4.78, 5) is 0. The van der Waals surface area contributed by atoms with Crippen LogP contribution in [0.25, 0.3) is 0 Å². The molecule has 1 saturated heterocycles. The molecule has 2 unspecified atom stereocenters. The molecule has 4 nitrogen and oxygen atoms in total. The van der Waals surface area contributed by atoms with Crippen LogP contribution in [0.2, 0.25) is 0 Å². The molecule has 0 aromatic heterocycles. The number of nitrogens with one attached hydrogen (secondary N) is 1. The van der Waals surface area contributed by atoms with Crippen LogP contribution in [0.3, 0.4) is 0 Å². The molecule has 1 aliphatic heterocycles. The van der Waals surface area contributed by atoms with Gasteiger partial charge >= 0.3 is 0 Å². The summed E-state index contributed by atoms with van der Waals surface area (Å²) in [7, 11) is 0. The van der Waals surface area contributed by atoms with E-state index in [9.17, 15) is 5.11 Å². The normalized spacial score (nSPS) is 22.2. The minimum atomic E-state index is -0.439. The van der Waals surface area contributed by atoms with Crippen LogP contribution < -0.4 is 5.32 Å². The maximum atomic E-state index is 9.57. The standard InChI is InChI=1S/C12H23NO3/c1-2-3-6-13-8-11(14)9-15-10-12-5-4-7-16-12/h2,11-14H,1,3-10H2. The molecule has 0 aromatic carbocycles. The van der Waals surface area contributed by atoms with E-state index in [4.69, 9.17) is 9.47 Å². The molecule has 1 aliphatic rings. The van der Waals surface area contributed by atoms with Crippen LogP contribution in [-0.4, -0.2) is 50.2 Å². The Labute approximate surface area is 97.6 Å². The monoisotopic (exact) mass is 229 g/mol. The fourth-order valence-corrected chi connectivity index (χ4v) is 1.64.